The van der Waals surface area contributed by atoms with Gasteiger partial charge in [-0.3, -0.25) is 14.4 Å². The fraction of sp³-hybridized carbons (Fsp3) is 0.0938. The van der Waals surface area contributed by atoms with Gasteiger partial charge >= 0.3 is 0 Å². The molecule has 0 saturated carbocycles. The van der Waals surface area contributed by atoms with Gasteiger partial charge in [0, 0.05) is 21.2 Å². The maximum Gasteiger partial charge on any atom is 0.272 e. The molecule has 0 aromatic heterocycles. The molecule has 0 spiro atoms. The summed E-state index contributed by atoms with van der Waals surface area (Å²) in [6.07, 6.45) is 1.59. The van der Waals surface area contributed by atoms with Crippen LogP contribution in [0.2, 0.25) is 10.0 Å². The van der Waals surface area contributed by atoms with Gasteiger partial charge in [0.05, 0.1) is 23.1 Å². The molecule has 42 heavy (non-hydrogen) atoms. The van der Waals surface area contributed by atoms with Gasteiger partial charge in [-0.25, -0.2) is 0 Å². The summed E-state index contributed by atoms with van der Waals surface area (Å²) in [6.45, 7) is 2.43. The fourth-order valence-electron chi connectivity index (χ4n) is 3.73. The normalized spacial score (nSPS) is 11.0. The van der Waals surface area contributed by atoms with Crippen LogP contribution in [-0.4, -0.2) is 30.1 Å². The quantitative estimate of drug-likeness (QED) is 0.119. The van der Waals surface area contributed by atoms with Crippen LogP contribution in [0.5, 0.6) is 5.75 Å². The van der Waals surface area contributed by atoms with Crippen LogP contribution in [0.4, 0.5) is 11.4 Å². The molecule has 214 valence electrons. The van der Waals surface area contributed by atoms with E-state index in [1.807, 2.05) is 13.0 Å². The first-order chi connectivity index (χ1) is 20.3. The molecule has 3 amide bonds. The molecule has 7 nitrogen and oxygen atoms in total. The van der Waals surface area contributed by atoms with Crippen molar-refractivity contribution >= 4 is 70.1 Å². The molecule has 0 aliphatic carbocycles. The van der Waals surface area contributed by atoms with Crippen LogP contribution < -0.4 is 20.7 Å². The van der Waals surface area contributed by atoms with Crippen LogP contribution in [0.25, 0.3) is 6.08 Å². The Hall–Kier alpha value is -4.24. The van der Waals surface area contributed by atoms with Crippen molar-refractivity contribution < 1.29 is 19.1 Å². The van der Waals surface area contributed by atoms with Crippen molar-refractivity contribution in [3.05, 3.63) is 124 Å². The van der Waals surface area contributed by atoms with Gasteiger partial charge in [-0.15, -0.1) is 11.8 Å². The van der Waals surface area contributed by atoms with E-state index in [2.05, 4.69) is 16.0 Å². The van der Waals surface area contributed by atoms with E-state index in [1.165, 1.54) is 11.8 Å². The number of ether oxygens (including phenoxy) is 1. The monoisotopic (exact) mass is 619 g/mol. The molecule has 4 aromatic rings. The van der Waals surface area contributed by atoms with Crippen LogP contribution in [-0.2, 0) is 9.59 Å². The van der Waals surface area contributed by atoms with Gasteiger partial charge in [-0.1, -0.05) is 59.6 Å². The topological polar surface area (TPSA) is 96.5 Å². The lowest BCUT2D eigenvalue weighted by molar-refractivity contribution is -0.114. The fourth-order valence-corrected chi connectivity index (χ4v) is 4.82. The van der Waals surface area contributed by atoms with E-state index in [4.69, 9.17) is 27.9 Å². The minimum Gasteiger partial charge on any atom is -0.494 e. The van der Waals surface area contributed by atoms with Gasteiger partial charge in [-0.05, 0) is 79.2 Å². The number of hydrogen-bond acceptors (Lipinski definition) is 5. The zero-order valence-electron chi connectivity index (χ0n) is 22.5. The molecule has 10 heteroatoms. The lowest BCUT2D eigenvalue weighted by atomic mass is 10.1. The number of nitrogens with one attached hydrogen (secondary N) is 3. The van der Waals surface area contributed by atoms with Gasteiger partial charge in [0.15, 0.2) is 0 Å². The lowest BCUT2D eigenvalue weighted by Crippen LogP contribution is -2.30. The molecular formula is C32H27Cl2N3O4S. The third-order valence-electron chi connectivity index (χ3n) is 5.70. The maximum atomic E-state index is 13.4. The Morgan fingerprint density at radius 2 is 1.62 bits per heavy atom. The number of carbonyl (C=O) groups excluding carboxylic acids is 3. The average molecular weight is 621 g/mol. The predicted octanol–water partition coefficient (Wildman–Crippen LogP) is 7.53. The minimum absolute atomic E-state index is 0.0591. The summed E-state index contributed by atoms with van der Waals surface area (Å²) in [5.74, 6) is -0.381. The van der Waals surface area contributed by atoms with Crippen molar-refractivity contribution in [2.45, 2.75) is 11.8 Å². The molecule has 0 radical (unpaired) electrons. The summed E-state index contributed by atoms with van der Waals surface area (Å²) in [7, 11) is 0. The Morgan fingerprint density at radius 3 is 2.36 bits per heavy atom. The van der Waals surface area contributed by atoms with E-state index in [0.717, 1.165) is 4.90 Å². The third kappa shape index (κ3) is 9.14. The first-order valence-electron chi connectivity index (χ1n) is 12.9. The first-order valence-corrected chi connectivity index (χ1v) is 14.6. The summed E-state index contributed by atoms with van der Waals surface area (Å²) in [4.78, 5) is 39.5. The molecule has 0 fully saturated rings. The summed E-state index contributed by atoms with van der Waals surface area (Å²) >= 11 is 13.4. The number of thioether (sulfide) groups is 1. The summed E-state index contributed by atoms with van der Waals surface area (Å²) in [5, 5.41) is 9.16. The maximum absolute atomic E-state index is 13.4. The Morgan fingerprint density at radius 1 is 0.857 bits per heavy atom. The Labute approximate surface area is 258 Å². The zero-order chi connectivity index (χ0) is 29.9. The van der Waals surface area contributed by atoms with Crippen molar-refractivity contribution in [2.75, 3.05) is 23.0 Å². The molecule has 4 aromatic carbocycles. The van der Waals surface area contributed by atoms with Crippen molar-refractivity contribution in [2.24, 2.45) is 0 Å². The number of benzene rings is 4. The van der Waals surface area contributed by atoms with Gasteiger partial charge in [-0.2, -0.15) is 0 Å². The van der Waals surface area contributed by atoms with Crippen molar-refractivity contribution in [3.63, 3.8) is 0 Å². The summed E-state index contributed by atoms with van der Waals surface area (Å²) in [5.41, 5.74) is 2.10. The van der Waals surface area contributed by atoms with E-state index < -0.39 is 11.8 Å². The van der Waals surface area contributed by atoms with E-state index in [9.17, 15) is 14.4 Å². The van der Waals surface area contributed by atoms with Crippen LogP contribution >= 0.6 is 35.0 Å². The molecule has 0 atom stereocenters. The highest BCUT2D eigenvalue weighted by Crippen LogP contribution is 2.27. The molecule has 0 aliphatic rings. The van der Waals surface area contributed by atoms with Crippen LogP contribution in [0, 0.1) is 0 Å². The zero-order valence-corrected chi connectivity index (χ0v) is 24.9. The molecule has 0 unspecified atom stereocenters. The van der Waals surface area contributed by atoms with Gasteiger partial charge < -0.3 is 20.7 Å². The second-order valence-corrected chi connectivity index (χ2v) is 10.7. The smallest absolute Gasteiger partial charge is 0.272 e. The summed E-state index contributed by atoms with van der Waals surface area (Å²) in [6, 6.07) is 27.7. The number of hydrogen-bond donors (Lipinski definition) is 3. The average Bonchev–Trinajstić information content (AvgIpc) is 2.99. The van der Waals surface area contributed by atoms with E-state index in [0.29, 0.717) is 44.9 Å². The van der Waals surface area contributed by atoms with E-state index in [1.54, 1.807) is 97.1 Å². The molecule has 3 N–H and O–H groups in total. The largest absolute Gasteiger partial charge is 0.494 e. The second-order valence-electron chi connectivity index (χ2n) is 8.82. The minimum atomic E-state index is -0.511. The molecule has 0 aliphatic heterocycles. The van der Waals surface area contributed by atoms with Crippen molar-refractivity contribution in [3.8, 4) is 5.75 Å². The highest BCUT2D eigenvalue weighted by molar-refractivity contribution is 8.00. The Bertz CT molecular complexity index is 1600. The Balaban J connectivity index is 1.46. The first kappa shape index (κ1) is 30.7. The molecule has 0 bridgehead atoms. The highest BCUT2D eigenvalue weighted by atomic mass is 35.5. The SMILES string of the molecule is CCOc1ccc(/C=C(/NC(=O)c2ccccc2)C(=O)Nc2cccc(SCC(=O)Nc3cc(Cl)ccc3Cl)c2)cc1. The number of anilines is 2. The van der Waals surface area contributed by atoms with Crippen LogP contribution in [0.3, 0.4) is 0 Å². The summed E-state index contributed by atoms with van der Waals surface area (Å²) < 4.78 is 5.49. The Kier molecular flexibility index (Phi) is 11.1. The lowest BCUT2D eigenvalue weighted by Gasteiger charge is -2.12. The molecule has 0 heterocycles. The number of rotatable bonds is 11. The van der Waals surface area contributed by atoms with Gasteiger partial charge in [0.25, 0.3) is 11.8 Å². The molecular weight excluding hydrogens is 593 g/mol. The highest BCUT2D eigenvalue weighted by Gasteiger charge is 2.16. The number of halogens is 2. The van der Waals surface area contributed by atoms with E-state index in [-0.39, 0.29) is 17.4 Å². The van der Waals surface area contributed by atoms with Crippen molar-refractivity contribution in [1.29, 1.82) is 0 Å². The number of amides is 3. The van der Waals surface area contributed by atoms with Crippen molar-refractivity contribution in [1.82, 2.24) is 5.32 Å². The number of carbonyl (C=O) groups is 3. The predicted molar refractivity (Wildman–Crippen MR) is 170 cm³/mol. The third-order valence-corrected chi connectivity index (χ3v) is 7.25. The van der Waals surface area contributed by atoms with Crippen LogP contribution in [0.15, 0.2) is 108 Å². The van der Waals surface area contributed by atoms with E-state index >= 15 is 0 Å². The van der Waals surface area contributed by atoms with Gasteiger partial charge in [0.1, 0.15) is 11.4 Å². The second kappa shape index (κ2) is 15.1. The van der Waals surface area contributed by atoms with Gasteiger partial charge in [0.2, 0.25) is 5.91 Å². The van der Waals surface area contributed by atoms with Crippen LogP contribution in [0.1, 0.15) is 22.8 Å². The molecule has 0 saturated heterocycles. The standard InChI is InChI=1S/C32H27Cl2N3O4S/c1-2-41-25-14-11-21(12-15-25)17-29(37-31(39)22-7-4-3-5-8-22)32(40)35-24-9-6-10-26(19-24)42-20-30(38)36-28-18-23(33)13-16-27(28)34/h3-19H,2,20H2,1H3,(H,35,40)(H,36,38)(H,37,39)/b29-17+. The molecule has 4 rings (SSSR count).